The van der Waals surface area contributed by atoms with Crippen LogP contribution in [-0.2, 0) is 20.7 Å². The molecule has 0 fully saturated rings. The molecule has 1 atom stereocenters. The van der Waals surface area contributed by atoms with Gasteiger partial charge in [-0.3, -0.25) is 9.59 Å². The molecular weight excluding hydrogens is 356 g/mol. The van der Waals surface area contributed by atoms with E-state index in [2.05, 4.69) is 0 Å². The Morgan fingerprint density at radius 1 is 1.21 bits per heavy atom. The SMILES string of the molecule is CN1C(=O)C(CC(=O)OC(C)(C)C)Cc2cc(N)cc(Oc3ccccc3)c21. The number of para-hydroxylation sites is 1. The Balaban J connectivity index is 1.88. The summed E-state index contributed by atoms with van der Waals surface area (Å²) in [6.45, 7) is 5.43. The van der Waals surface area contributed by atoms with Gasteiger partial charge in [0, 0.05) is 18.8 Å². The maximum Gasteiger partial charge on any atom is 0.307 e. The first-order valence-electron chi connectivity index (χ1n) is 9.29. The highest BCUT2D eigenvalue weighted by Gasteiger charge is 2.35. The third-order valence-electron chi connectivity index (χ3n) is 4.46. The van der Waals surface area contributed by atoms with Crippen molar-refractivity contribution >= 4 is 23.3 Å². The van der Waals surface area contributed by atoms with E-state index in [0.29, 0.717) is 29.3 Å². The quantitative estimate of drug-likeness (QED) is 0.640. The summed E-state index contributed by atoms with van der Waals surface area (Å²) in [5.41, 5.74) is 7.59. The van der Waals surface area contributed by atoms with Crippen molar-refractivity contribution in [2.45, 2.75) is 39.2 Å². The monoisotopic (exact) mass is 382 g/mol. The Morgan fingerprint density at radius 2 is 1.89 bits per heavy atom. The molecule has 1 unspecified atom stereocenters. The van der Waals surface area contributed by atoms with E-state index >= 15 is 0 Å². The van der Waals surface area contributed by atoms with Crippen LogP contribution in [0.15, 0.2) is 42.5 Å². The second-order valence-corrected chi connectivity index (χ2v) is 8.03. The summed E-state index contributed by atoms with van der Waals surface area (Å²) < 4.78 is 11.4. The summed E-state index contributed by atoms with van der Waals surface area (Å²) in [4.78, 5) is 26.7. The number of fused-ring (bicyclic) bond motifs is 1. The van der Waals surface area contributed by atoms with Crippen LogP contribution in [0.2, 0.25) is 0 Å². The number of nitrogen functional groups attached to an aromatic ring is 1. The second kappa shape index (κ2) is 7.54. The molecule has 2 aromatic carbocycles. The van der Waals surface area contributed by atoms with E-state index in [-0.39, 0.29) is 18.3 Å². The molecule has 6 nitrogen and oxygen atoms in total. The van der Waals surface area contributed by atoms with Gasteiger partial charge in [-0.2, -0.15) is 0 Å². The Labute approximate surface area is 165 Å². The third-order valence-corrected chi connectivity index (χ3v) is 4.46. The molecule has 0 spiro atoms. The van der Waals surface area contributed by atoms with Crippen LogP contribution >= 0.6 is 0 Å². The average Bonchev–Trinajstić information content (AvgIpc) is 2.58. The number of nitrogens with two attached hydrogens (primary N) is 1. The van der Waals surface area contributed by atoms with Crippen LogP contribution in [0, 0.1) is 5.92 Å². The summed E-state index contributed by atoms with van der Waals surface area (Å²) in [5.74, 6) is 0.173. The van der Waals surface area contributed by atoms with Gasteiger partial charge in [0.1, 0.15) is 11.4 Å². The molecule has 148 valence electrons. The maximum absolute atomic E-state index is 12.9. The van der Waals surface area contributed by atoms with Gasteiger partial charge >= 0.3 is 5.97 Å². The molecular formula is C22H26N2O4. The molecule has 0 aliphatic carbocycles. The lowest BCUT2D eigenvalue weighted by atomic mass is 9.89. The average molecular weight is 382 g/mol. The van der Waals surface area contributed by atoms with E-state index in [1.165, 1.54) is 0 Å². The van der Waals surface area contributed by atoms with E-state index < -0.39 is 11.5 Å². The lowest BCUT2D eigenvalue weighted by Crippen LogP contribution is -2.40. The molecule has 6 heteroatoms. The minimum absolute atomic E-state index is 0.0313. The first kappa shape index (κ1) is 19.7. The minimum atomic E-state index is -0.584. The standard InChI is InChI=1S/C22H26N2O4/c1-22(2,3)28-19(25)12-15-10-14-11-16(23)13-18(20(14)24(4)21(15)26)27-17-8-6-5-7-9-17/h5-9,11,13,15H,10,12,23H2,1-4H3. The zero-order valence-electron chi connectivity index (χ0n) is 16.7. The van der Waals surface area contributed by atoms with E-state index in [4.69, 9.17) is 15.2 Å². The number of hydrogen-bond donors (Lipinski definition) is 1. The minimum Gasteiger partial charge on any atom is -0.460 e. The van der Waals surface area contributed by atoms with Crippen molar-refractivity contribution in [1.29, 1.82) is 0 Å². The van der Waals surface area contributed by atoms with Crippen LogP contribution < -0.4 is 15.4 Å². The lowest BCUT2D eigenvalue weighted by molar-refractivity contribution is -0.157. The maximum atomic E-state index is 12.9. The van der Waals surface area contributed by atoms with Crippen molar-refractivity contribution in [1.82, 2.24) is 0 Å². The number of benzene rings is 2. The highest BCUT2D eigenvalue weighted by atomic mass is 16.6. The topological polar surface area (TPSA) is 81.9 Å². The van der Waals surface area contributed by atoms with Gasteiger partial charge in [-0.1, -0.05) is 18.2 Å². The van der Waals surface area contributed by atoms with Gasteiger partial charge in [0.05, 0.1) is 18.0 Å². The lowest BCUT2D eigenvalue weighted by Gasteiger charge is -2.33. The summed E-state index contributed by atoms with van der Waals surface area (Å²) in [6.07, 6.45) is 0.442. The van der Waals surface area contributed by atoms with Crippen LogP contribution in [0.1, 0.15) is 32.8 Å². The first-order chi connectivity index (χ1) is 13.1. The molecule has 0 saturated heterocycles. The van der Waals surface area contributed by atoms with Gasteiger partial charge in [-0.15, -0.1) is 0 Å². The summed E-state index contributed by atoms with van der Waals surface area (Å²) >= 11 is 0. The first-order valence-corrected chi connectivity index (χ1v) is 9.29. The van der Waals surface area contributed by atoms with E-state index in [0.717, 1.165) is 5.56 Å². The van der Waals surface area contributed by atoms with Gasteiger partial charge in [-0.25, -0.2) is 0 Å². The smallest absolute Gasteiger partial charge is 0.307 e. The van der Waals surface area contributed by atoms with Crippen molar-refractivity contribution in [2.24, 2.45) is 5.92 Å². The molecule has 1 aliphatic rings. The third kappa shape index (κ3) is 4.44. The number of hydrogen-bond acceptors (Lipinski definition) is 5. The van der Waals surface area contributed by atoms with Crippen LogP contribution in [0.3, 0.4) is 0 Å². The largest absolute Gasteiger partial charge is 0.460 e. The second-order valence-electron chi connectivity index (χ2n) is 8.03. The predicted octanol–water partition coefficient (Wildman–Crippen LogP) is 3.93. The van der Waals surface area contributed by atoms with Crippen molar-refractivity contribution < 1.29 is 19.1 Å². The van der Waals surface area contributed by atoms with Crippen molar-refractivity contribution in [3.05, 3.63) is 48.0 Å². The molecule has 0 saturated carbocycles. The molecule has 1 heterocycles. The molecule has 2 aromatic rings. The Bertz CT molecular complexity index is 887. The molecule has 2 N–H and O–H groups in total. The predicted molar refractivity (Wildman–Crippen MR) is 108 cm³/mol. The van der Waals surface area contributed by atoms with E-state index in [1.54, 1.807) is 18.0 Å². The van der Waals surface area contributed by atoms with Gasteiger partial charge in [-0.05, 0) is 51.0 Å². The normalized spacial score (nSPS) is 16.5. The fourth-order valence-corrected chi connectivity index (χ4v) is 3.40. The molecule has 0 radical (unpaired) electrons. The van der Waals surface area contributed by atoms with Gasteiger partial charge in [0.25, 0.3) is 0 Å². The Kier molecular flexibility index (Phi) is 5.31. The highest BCUT2D eigenvalue weighted by molar-refractivity contribution is 6.01. The van der Waals surface area contributed by atoms with Crippen LogP contribution in [-0.4, -0.2) is 24.5 Å². The number of carbonyl (C=O) groups is 2. The number of rotatable bonds is 4. The molecule has 1 amide bonds. The number of amides is 1. The number of anilines is 2. The van der Waals surface area contributed by atoms with Crippen molar-refractivity contribution in [3.63, 3.8) is 0 Å². The molecule has 0 aromatic heterocycles. The fraction of sp³-hybridized carbons (Fsp3) is 0.364. The van der Waals surface area contributed by atoms with E-state index in [1.807, 2.05) is 57.2 Å². The molecule has 28 heavy (non-hydrogen) atoms. The van der Waals surface area contributed by atoms with Gasteiger partial charge in [0.2, 0.25) is 5.91 Å². The van der Waals surface area contributed by atoms with Crippen molar-refractivity contribution in [2.75, 3.05) is 17.7 Å². The Hall–Kier alpha value is -3.02. The van der Waals surface area contributed by atoms with Crippen LogP contribution in [0.4, 0.5) is 11.4 Å². The van der Waals surface area contributed by atoms with Crippen LogP contribution in [0.5, 0.6) is 11.5 Å². The zero-order valence-corrected chi connectivity index (χ0v) is 16.7. The zero-order chi connectivity index (χ0) is 20.5. The number of nitrogens with zero attached hydrogens (tertiary/aromatic N) is 1. The molecule has 0 bridgehead atoms. The van der Waals surface area contributed by atoms with Gasteiger partial charge in [0.15, 0.2) is 5.75 Å². The molecule has 3 rings (SSSR count). The number of carbonyl (C=O) groups excluding carboxylic acids is 2. The highest BCUT2D eigenvalue weighted by Crippen LogP contribution is 2.42. The summed E-state index contributed by atoms with van der Waals surface area (Å²) in [7, 11) is 1.69. The summed E-state index contributed by atoms with van der Waals surface area (Å²) in [6, 6.07) is 12.9. The number of ether oxygens (including phenoxy) is 2. The van der Waals surface area contributed by atoms with Gasteiger partial charge < -0.3 is 20.1 Å². The molecule has 1 aliphatic heterocycles. The Morgan fingerprint density at radius 3 is 2.54 bits per heavy atom. The summed E-state index contributed by atoms with van der Waals surface area (Å²) in [5, 5.41) is 0. The fourth-order valence-electron chi connectivity index (χ4n) is 3.40. The number of esters is 1. The van der Waals surface area contributed by atoms with Crippen molar-refractivity contribution in [3.8, 4) is 11.5 Å². The van der Waals surface area contributed by atoms with Crippen LogP contribution in [0.25, 0.3) is 0 Å². The van der Waals surface area contributed by atoms with E-state index in [9.17, 15) is 9.59 Å².